The summed E-state index contributed by atoms with van der Waals surface area (Å²) in [6.45, 7) is 0. The molecule has 1 aromatic carbocycles. The van der Waals surface area contributed by atoms with Gasteiger partial charge in [-0.05, 0) is 31.0 Å². The average Bonchev–Trinajstić information content (AvgIpc) is 2.76. The lowest BCUT2D eigenvalue weighted by Crippen LogP contribution is -2.41. The minimum Gasteiger partial charge on any atom is -0.345 e. The van der Waals surface area contributed by atoms with Gasteiger partial charge in [0.25, 0.3) is 0 Å². The second kappa shape index (κ2) is 7.88. The van der Waals surface area contributed by atoms with Crippen molar-refractivity contribution in [1.29, 1.82) is 0 Å². The molecule has 0 heterocycles. The Hall–Kier alpha value is -1.76. The number of hydrogen-bond donors (Lipinski definition) is 2. The number of nitrogens with one attached hydrogen (secondary N) is 2. The molecular formula is C16H18ClF3N2O2. The molecule has 0 radical (unpaired) electrons. The summed E-state index contributed by atoms with van der Waals surface area (Å²) in [5, 5.41) is 4.34. The summed E-state index contributed by atoms with van der Waals surface area (Å²) < 4.78 is 38.4. The standard InChI is InChI=1S/C16H18ClF3N2O2/c17-13-8-7-11(9-12(13)16(18,19)20)22-15(24)14(23)21-10-5-3-1-2-4-6-10/h7-10H,1-6H2,(H,21,23)(H,22,24). The highest BCUT2D eigenvalue weighted by Gasteiger charge is 2.33. The highest BCUT2D eigenvalue weighted by Crippen LogP contribution is 2.36. The van der Waals surface area contributed by atoms with Crippen molar-refractivity contribution in [2.45, 2.75) is 50.7 Å². The normalized spacial score (nSPS) is 16.3. The lowest BCUT2D eigenvalue weighted by atomic mass is 10.1. The molecule has 0 aromatic heterocycles. The van der Waals surface area contributed by atoms with Gasteiger partial charge in [0.2, 0.25) is 0 Å². The van der Waals surface area contributed by atoms with E-state index >= 15 is 0 Å². The van der Waals surface area contributed by atoms with Gasteiger partial charge < -0.3 is 10.6 Å². The number of anilines is 1. The summed E-state index contributed by atoms with van der Waals surface area (Å²) in [6.07, 6.45) is 1.14. The number of rotatable bonds is 2. The first-order chi connectivity index (χ1) is 11.3. The smallest absolute Gasteiger partial charge is 0.345 e. The summed E-state index contributed by atoms with van der Waals surface area (Å²) in [4.78, 5) is 23.8. The minimum atomic E-state index is -4.64. The fourth-order valence-electron chi connectivity index (χ4n) is 2.68. The molecule has 1 fully saturated rings. The van der Waals surface area contributed by atoms with Gasteiger partial charge in [-0.25, -0.2) is 0 Å². The van der Waals surface area contributed by atoms with Crippen molar-refractivity contribution in [3.05, 3.63) is 28.8 Å². The van der Waals surface area contributed by atoms with Crippen LogP contribution in [0.3, 0.4) is 0 Å². The molecule has 2 amide bonds. The predicted octanol–water partition coefficient (Wildman–Crippen LogP) is 4.14. The van der Waals surface area contributed by atoms with Crippen molar-refractivity contribution in [3.8, 4) is 0 Å². The van der Waals surface area contributed by atoms with Crippen molar-refractivity contribution >= 4 is 29.1 Å². The highest BCUT2D eigenvalue weighted by atomic mass is 35.5. The Labute approximate surface area is 142 Å². The largest absolute Gasteiger partial charge is 0.417 e. The van der Waals surface area contributed by atoms with Crippen LogP contribution in [0.4, 0.5) is 18.9 Å². The second-order valence-electron chi connectivity index (χ2n) is 5.81. The number of carbonyl (C=O) groups excluding carboxylic acids is 2. The molecular weight excluding hydrogens is 345 g/mol. The third-order valence-corrected chi connectivity index (χ3v) is 4.26. The van der Waals surface area contributed by atoms with E-state index in [1.54, 1.807) is 0 Å². The van der Waals surface area contributed by atoms with E-state index in [2.05, 4.69) is 10.6 Å². The quantitative estimate of drug-likeness (QED) is 0.613. The zero-order valence-electron chi connectivity index (χ0n) is 12.9. The summed E-state index contributed by atoms with van der Waals surface area (Å²) in [5.41, 5.74) is -1.20. The molecule has 132 valence electrons. The SMILES string of the molecule is O=C(Nc1ccc(Cl)c(C(F)(F)F)c1)C(=O)NC1CCCCCC1. The van der Waals surface area contributed by atoms with E-state index in [1.165, 1.54) is 6.07 Å². The Kier molecular flexibility index (Phi) is 6.10. The van der Waals surface area contributed by atoms with Crippen LogP contribution >= 0.6 is 11.6 Å². The molecule has 8 heteroatoms. The van der Waals surface area contributed by atoms with E-state index in [1.807, 2.05) is 0 Å². The van der Waals surface area contributed by atoms with E-state index in [0.717, 1.165) is 44.6 Å². The van der Waals surface area contributed by atoms with Crippen LogP contribution in [0.2, 0.25) is 5.02 Å². The fourth-order valence-corrected chi connectivity index (χ4v) is 2.91. The van der Waals surface area contributed by atoms with Crippen LogP contribution in [-0.2, 0) is 15.8 Å². The Bertz CT molecular complexity index is 612. The number of hydrogen-bond acceptors (Lipinski definition) is 2. The molecule has 2 N–H and O–H groups in total. The summed E-state index contributed by atoms with van der Waals surface area (Å²) in [5.74, 6) is -1.83. The van der Waals surface area contributed by atoms with Crippen LogP contribution in [0.25, 0.3) is 0 Å². The summed E-state index contributed by atoms with van der Waals surface area (Å²) in [7, 11) is 0. The summed E-state index contributed by atoms with van der Waals surface area (Å²) in [6, 6.07) is 2.89. The van der Waals surface area contributed by atoms with Gasteiger partial charge in [-0.2, -0.15) is 13.2 Å². The monoisotopic (exact) mass is 362 g/mol. The average molecular weight is 363 g/mol. The van der Waals surface area contributed by atoms with Crippen molar-refractivity contribution in [2.24, 2.45) is 0 Å². The van der Waals surface area contributed by atoms with Crippen LogP contribution < -0.4 is 10.6 Å². The molecule has 0 spiro atoms. The van der Waals surface area contributed by atoms with Gasteiger partial charge in [0.1, 0.15) is 0 Å². The highest BCUT2D eigenvalue weighted by molar-refractivity contribution is 6.39. The van der Waals surface area contributed by atoms with Crippen molar-refractivity contribution in [2.75, 3.05) is 5.32 Å². The topological polar surface area (TPSA) is 58.2 Å². The predicted molar refractivity (Wildman–Crippen MR) is 84.7 cm³/mol. The maximum absolute atomic E-state index is 12.8. The van der Waals surface area contributed by atoms with Gasteiger partial charge in [0, 0.05) is 11.7 Å². The van der Waals surface area contributed by atoms with E-state index in [0.29, 0.717) is 6.07 Å². The molecule has 4 nitrogen and oxygen atoms in total. The molecule has 0 aliphatic heterocycles. The van der Waals surface area contributed by atoms with Crippen molar-refractivity contribution in [1.82, 2.24) is 5.32 Å². The van der Waals surface area contributed by atoms with Gasteiger partial charge >= 0.3 is 18.0 Å². The van der Waals surface area contributed by atoms with Gasteiger partial charge in [-0.3, -0.25) is 9.59 Å². The molecule has 0 bridgehead atoms. The molecule has 2 rings (SSSR count). The first kappa shape index (κ1) is 18.6. The maximum atomic E-state index is 12.8. The van der Waals surface area contributed by atoms with Crippen LogP contribution in [0, 0.1) is 0 Å². The third kappa shape index (κ3) is 5.12. The molecule has 0 saturated heterocycles. The van der Waals surface area contributed by atoms with Crippen LogP contribution in [0.1, 0.15) is 44.1 Å². The number of halogens is 4. The number of amides is 2. The molecule has 1 saturated carbocycles. The third-order valence-electron chi connectivity index (χ3n) is 3.93. The number of carbonyl (C=O) groups is 2. The molecule has 0 unspecified atom stereocenters. The first-order valence-electron chi connectivity index (χ1n) is 7.76. The van der Waals surface area contributed by atoms with Crippen LogP contribution in [0.5, 0.6) is 0 Å². The second-order valence-corrected chi connectivity index (χ2v) is 6.22. The Balaban J connectivity index is 1.99. The van der Waals surface area contributed by atoms with Crippen molar-refractivity contribution < 1.29 is 22.8 Å². The molecule has 0 atom stereocenters. The van der Waals surface area contributed by atoms with E-state index in [9.17, 15) is 22.8 Å². The van der Waals surface area contributed by atoms with Crippen molar-refractivity contribution in [3.63, 3.8) is 0 Å². The Morgan fingerprint density at radius 3 is 2.25 bits per heavy atom. The maximum Gasteiger partial charge on any atom is 0.417 e. The van der Waals surface area contributed by atoms with E-state index in [4.69, 9.17) is 11.6 Å². The van der Waals surface area contributed by atoms with Crippen LogP contribution in [0.15, 0.2) is 18.2 Å². The van der Waals surface area contributed by atoms with Gasteiger partial charge in [-0.15, -0.1) is 0 Å². The zero-order chi connectivity index (χ0) is 17.7. The molecule has 1 aliphatic carbocycles. The fraction of sp³-hybridized carbons (Fsp3) is 0.500. The lowest BCUT2D eigenvalue weighted by Gasteiger charge is -2.16. The van der Waals surface area contributed by atoms with Crippen LogP contribution in [-0.4, -0.2) is 17.9 Å². The van der Waals surface area contributed by atoms with E-state index in [-0.39, 0.29) is 11.7 Å². The lowest BCUT2D eigenvalue weighted by molar-refractivity contribution is -0.137. The summed E-state index contributed by atoms with van der Waals surface area (Å²) >= 11 is 5.51. The Morgan fingerprint density at radius 1 is 1.04 bits per heavy atom. The first-order valence-corrected chi connectivity index (χ1v) is 8.14. The van der Waals surface area contributed by atoms with Gasteiger partial charge in [0.05, 0.1) is 10.6 Å². The van der Waals surface area contributed by atoms with E-state index < -0.39 is 28.6 Å². The molecule has 1 aliphatic rings. The zero-order valence-corrected chi connectivity index (χ0v) is 13.6. The van der Waals surface area contributed by atoms with Gasteiger partial charge in [-0.1, -0.05) is 37.3 Å². The number of alkyl halides is 3. The molecule has 24 heavy (non-hydrogen) atoms. The minimum absolute atomic E-state index is 0.0679. The van der Waals surface area contributed by atoms with Gasteiger partial charge in [0.15, 0.2) is 0 Å². The molecule has 1 aromatic rings. The number of benzene rings is 1. The Morgan fingerprint density at radius 2 is 1.67 bits per heavy atom.